The molecule has 0 saturated carbocycles. The molecular formula is C12H30Cl2N2O6S. The third-order valence-electron chi connectivity index (χ3n) is 2.16. The lowest BCUT2D eigenvalue weighted by Gasteiger charge is -2.27. The van der Waals surface area contributed by atoms with Gasteiger partial charge in [0, 0.05) is 10.4 Å². The molecule has 0 aliphatic carbocycles. The van der Waals surface area contributed by atoms with E-state index >= 15 is 0 Å². The number of aliphatic hydroxyl groups excluding tert-OH is 2. The van der Waals surface area contributed by atoms with E-state index in [4.69, 9.17) is 50.9 Å². The van der Waals surface area contributed by atoms with Crippen LogP contribution in [0.4, 0.5) is 0 Å². The van der Waals surface area contributed by atoms with Crippen LogP contribution in [0, 0.1) is 0 Å². The highest BCUT2D eigenvalue weighted by Crippen LogP contribution is 2.01. The zero-order chi connectivity index (χ0) is 19.5. The van der Waals surface area contributed by atoms with Gasteiger partial charge in [-0.1, -0.05) is 23.2 Å². The predicted molar refractivity (Wildman–Crippen MR) is 89.2 cm³/mol. The van der Waals surface area contributed by atoms with E-state index in [0.717, 1.165) is 0 Å². The summed E-state index contributed by atoms with van der Waals surface area (Å²) < 4.78 is 35.4. The van der Waals surface area contributed by atoms with Crippen LogP contribution < -0.4 is 0 Å². The van der Waals surface area contributed by atoms with Crippen LogP contribution in [0.1, 0.15) is 13.8 Å². The Kier molecular flexibility index (Phi) is 15.4. The molecule has 0 amide bonds. The first-order chi connectivity index (χ1) is 9.95. The summed E-state index contributed by atoms with van der Waals surface area (Å²) in [6, 6.07) is 1.09. The van der Waals surface area contributed by atoms with Crippen molar-refractivity contribution < 1.29 is 36.7 Å². The van der Waals surface area contributed by atoms with Crippen molar-refractivity contribution in [3.8, 4) is 0 Å². The van der Waals surface area contributed by atoms with Gasteiger partial charge in [0.15, 0.2) is 12.0 Å². The summed E-state index contributed by atoms with van der Waals surface area (Å²) in [6.07, 6.45) is -0.530. The Morgan fingerprint density at radius 3 is 1.09 bits per heavy atom. The lowest BCUT2D eigenvalue weighted by atomic mass is 10.3. The van der Waals surface area contributed by atoms with Crippen molar-refractivity contribution in [2.75, 3.05) is 53.3 Å². The van der Waals surface area contributed by atoms with E-state index in [1.54, 1.807) is 13.8 Å². The van der Waals surface area contributed by atoms with Gasteiger partial charge in [0.2, 0.25) is 0 Å². The molecule has 0 aliphatic rings. The first kappa shape index (κ1) is 28.1. The van der Waals surface area contributed by atoms with Crippen molar-refractivity contribution in [2.45, 2.75) is 26.1 Å². The molecule has 0 fully saturated rings. The van der Waals surface area contributed by atoms with Crippen LogP contribution in [0.25, 0.3) is 0 Å². The normalized spacial score (nSPS) is 14.8. The van der Waals surface area contributed by atoms with Gasteiger partial charge in [0.25, 0.3) is 0 Å². The lowest BCUT2D eigenvalue weighted by molar-refractivity contribution is -0.882. The number of alkyl halides is 2. The van der Waals surface area contributed by atoms with Crippen molar-refractivity contribution >= 4 is 33.6 Å². The maximum atomic E-state index is 8.94. The highest BCUT2D eigenvalue weighted by Gasteiger charge is 2.15. The second-order valence-corrected chi connectivity index (χ2v) is 7.88. The summed E-state index contributed by atoms with van der Waals surface area (Å²) in [6.45, 7) is 4.96. The summed E-state index contributed by atoms with van der Waals surface area (Å²) in [5, 5.41) is 17.9. The number of nitrogens with zero attached hydrogens (tertiary/aromatic N) is 2. The molecule has 0 saturated heterocycles. The number of likely N-dealkylation sites (N-methyl/N-ethyl adjacent to an activating group) is 2. The Hall–Kier alpha value is 0.290. The number of quaternary nitrogens is 2. The number of hydrogen-bond acceptors (Lipinski definition) is 6. The fourth-order valence-corrected chi connectivity index (χ4v) is 1.72. The SMILES string of the molecule is CC(O)C[N+](C)(C)CCl.CC(O)C[N+](C)(C)CCl.O=S(=O)([O-])[O-]. The average Bonchev–Trinajstić information content (AvgIpc) is 2.24. The van der Waals surface area contributed by atoms with E-state index in [2.05, 4.69) is 0 Å². The van der Waals surface area contributed by atoms with Crippen LogP contribution in [0.5, 0.6) is 0 Å². The van der Waals surface area contributed by atoms with Gasteiger partial charge in [0.1, 0.15) is 25.3 Å². The summed E-state index contributed by atoms with van der Waals surface area (Å²) in [4.78, 5) is 0. The van der Waals surface area contributed by atoms with Crippen LogP contribution >= 0.6 is 23.2 Å². The second kappa shape index (κ2) is 12.6. The molecule has 0 spiro atoms. The highest BCUT2D eigenvalue weighted by molar-refractivity contribution is 7.79. The van der Waals surface area contributed by atoms with Gasteiger partial charge in [-0.2, -0.15) is 0 Å². The maximum absolute atomic E-state index is 8.94. The summed E-state index contributed by atoms with van der Waals surface area (Å²) in [5.41, 5.74) is 0. The number of aliphatic hydroxyl groups is 2. The molecule has 2 unspecified atom stereocenters. The Morgan fingerprint density at radius 1 is 0.870 bits per heavy atom. The maximum Gasteiger partial charge on any atom is 0.154 e. The van der Waals surface area contributed by atoms with Crippen molar-refractivity contribution in [1.82, 2.24) is 0 Å². The van der Waals surface area contributed by atoms with Crippen LogP contribution in [-0.4, -0.2) is 102 Å². The van der Waals surface area contributed by atoms with Gasteiger partial charge in [-0.05, 0) is 13.8 Å². The minimum atomic E-state index is -5.17. The van der Waals surface area contributed by atoms with Crippen LogP contribution in [-0.2, 0) is 10.4 Å². The molecule has 8 nitrogen and oxygen atoms in total. The molecule has 0 bridgehead atoms. The fraction of sp³-hybridized carbons (Fsp3) is 1.00. The number of rotatable bonds is 6. The smallest absolute Gasteiger partial charge is 0.154 e. The quantitative estimate of drug-likeness (QED) is 0.212. The Morgan fingerprint density at radius 2 is 1.04 bits per heavy atom. The van der Waals surface area contributed by atoms with Crippen LogP contribution in [0.2, 0.25) is 0 Å². The van der Waals surface area contributed by atoms with Crippen molar-refractivity contribution in [2.24, 2.45) is 0 Å². The monoisotopic (exact) mass is 400 g/mol. The molecule has 0 aromatic carbocycles. The molecule has 0 radical (unpaired) electrons. The Bertz CT molecular complexity index is 359. The zero-order valence-electron chi connectivity index (χ0n) is 14.6. The minimum Gasteiger partial charge on any atom is -0.759 e. The molecule has 11 heteroatoms. The third kappa shape index (κ3) is 34.6. The first-order valence-electron chi connectivity index (χ1n) is 6.74. The molecule has 144 valence electrons. The molecular weight excluding hydrogens is 371 g/mol. The molecule has 0 heterocycles. The van der Waals surface area contributed by atoms with E-state index < -0.39 is 10.4 Å². The van der Waals surface area contributed by atoms with Crippen LogP contribution in [0.3, 0.4) is 0 Å². The molecule has 2 N–H and O–H groups in total. The summed E-state index contributed by atoms with van der Waals surface area (Å²) in [5.74, 6) is 0. The summed E-state index contributed by atoms with van der Waals surface area (Å²) in [7, 11) is 2.78. The van der Waals surface area contributed by atoms with Gasteiger partial charge >= 0.3 is 0 Å². The minimum absolute atomic E-state index is 0.265. The van der Waals surface area contributed by atoms with Gasteiger partial charge in [-0.3, -0.25) is 8.42 Å². The van der Waals surface area contributed by atoms with Gasteiger partial charge in [0.05, 0.1) is 28.2 Å². The Labute approximate surface area is 150 Å². The van der Waals surface area contributed by atoms with E-state index in [9.17, 15) is 0 Å². The lowest BCUT2D eigenvalue weighted by Crippen LogP contribution is -2.43. The number of halogens is 2. The topological polar surface area (TPSA) is 121 Å². The standard InChI is InChI=1S/2C6H15ClNO.H2O4S/c2*1-6(9)4-8(2,3)5-7;1-5(2,3)4/h2*6,9H,4-5H2,1-3H3;(H2,1,2,3,4)/q2*+1;/p-2. The molecule has 2 atom stereocenters. The van der Waals surface area contributed by atoms with E-state index in [0.29, 0.717) is 34.1 Å². The Balaban J connectivity index is -0.000000273. The predicted octanol–water partition coefficient (Wildman–Crippen LogP) is -0.0582. The molecule has 0 aromatic rings. The second-order valence-electron chi connectivity index (χ2n) is 6.58. The third-order valence-corrected chi connectivity index (χ3v) is 3.46. The summed E-state index contributed by atoms with van der Waals surface area (Å²) >= 11 is 11.2. The fourth-order valence-electron chi connectivity index (χ4n) is 1.53. The van der Waals surface area contributed by atoms with Gasteiger partial charge in [-0.15, -0.1) is 0 Å². The average molecular weight is 401 g/mol. The molecule has 0 rings (SSSR count). The van der Waals surface area contributed by atoms with Crippen molar-refractivity contribution in [1.29, 1.82) is 0 Å². The molecule has 23 heavy (non-hydrogen) atoms. The number of hydrogen-bond donors (Lipinski definition) is 2. The van der Waals surface area contributed by atoms with Gasteiger partial charge < -0.3 is 28.3 Å². The highest BCUT2D eigenvalue weighted by atomic mass is 35.5. The largest absolute Gasteiger partial charge is 0.759 e. The van der Waals surface area contributed by atoms with E-state index in [-0.39, 0.29) is 12.2 Å². The van der Waals surface area contributed by atoms with E-state index in [1.165, 1.54) is 0 Å². The first-order valence-corrected chi connectivity index (χ1v) is 9.14. The van der Waals surface area contributed by atoms with Gasteiger partial charge in [-0.25, -0.2) is 0 Å². The van der Waals surface area contributed by atoms with Crippen LogP contribution in [0.15, 0.2) is 0 Å². The van der Waals surface area contributed by atoms with Crippen molar-refractivity contribution in [3.63, 3.8) is 0 Å². The molecule has 0 aliphatic heterocycles. The molecule has 0 aromatic heterocycles. The van der Waals surface area contributed by atoms with Crippen molar-refractivity contribution in [3.05, 3.63) is 0 Å². The van der Waals surface area contributed by atoms with E-state index in [1.807, 2.05) is 28.2 Å². The zero-order valence-corrected chi connectivity index (χ0v) is 16.9.